The van der Waals surface area contributed by atoms with E-state index >= 15 is 0 Å². The van der Waals surface area contributed by atoms with E-state index < -0.39 is 0 Å². The van der Waals surface area contributed by atoms with Gasteiger partial charge in [-0.25, -0.2) is 0 Å². The second kappa shape index (κ2) is 4.97. The number of hydrogen-bond acceptors (Lipinski definition) is 4. The standard InChI is InChI=1S/C13H13N3O2S/c1-18-9-4-2-8(3-5-9)12-10-6-14-16-13(10)15-11(17)7-19-12/h2-6,12H,7H2,1H3,(H2,14,15,16,17). The minimum absolute atomic E-state index is 0.00786. The van der Waals surface area contributed by atoms with E-state index in [9.17, 15) is 4.79 Å². The number of hydrogen-bond donors (Lipinski definition) is 2. The van der Waals surface area contributed by atoms with Crippen LogP contribution in [0.3, 0.4) is 0 Å². The number of H-pyrrole nitrogens is 1. The zero-order chi connectivity index (χ0) is 13.2. The smallest absolute Gasteiger partial charge is 0.235 e. The Morgan fingerprint density at radius 2 is 2.16 bits per heavy atom. The van der Waals surface area contributed by atoms with Crippen molar-refractivity contribution in [2.24, 2.45) is 0 Å². The average Bonchev–Trinajstić information content (AvgIpc) is 2.82. The molecule has 1 aliphatic heterocycles. The summed E-state index contributed by atoms with van der Waals surface area (Å²) >= 11 is 1.59. The highest BCUT2D eigenvalue weighted by atomic mass is 32.2. The third-order valence-corrected chi connectivity index (χ3v) is 4.30. The van der Waals surface area contributed by atoms with Gasteiger partial charge < -0.3 is 10.1 Å². The first-order valence-corrected chi connectivity index (χ1v) is 6.91. The van der Waals surface area contributed by atoms with Gasteiger partial charge in [-0.2, -0.15) is 5.10 Å². The van der Waals surface area contributed by atoms with Crippen LogP contribution >= 0.6 is 11.8 Å². The second-order valence-corrected chi connectivity index (χ2v) is 5.31. The van der Waals surface area contributed by atoms with Crippen molar-refractivity contribution in [3.8, 4) is 5.75 Å². The predicted octanol–water partition coefficient (Wildman–Crippen LogP) is 2.19. The molecule has 0 radical (unpaired) electrons. The number of ether oxygens (including phenoxy) is 1. The first-order chi connectivity index (χ1) is 9.28. The Balaban J connectivity index is 1.98. The molecule has 0 aliphatic carbocycles. The van der Waals surface area contributed by atoms with Crippen LogP contribution < -0.4 is 10.1 Å². The van der Waals surface area contributed by atoms with Crippen LogP contribution in [0.5, 0.6) is 5.75 Å². The number of thioether (sulfide) groups is 1. The summed E-state index contributed by atoms with van der Waals surface area (Å²) in [5.41, 5.74) is 2.13. The van der Waals surface area contributed by atoms with Crippen LogP contribution in [-0.2, 0) is 4.79 Å². The van der Waals surface area contributed by atoms with Gasteiger partial charge in [0.25, 0.3) is 0 Å². The molecular formula is C13H13N3O2S. The normalized spacial score (nSPS) is 18.4. The Hall–Kier alpha value is -1.95. The fourth-order valence-corrected chi connectivity index (χ4v) is 3.17. The van der Waals surface area contributed by atoms with Gasteiger partial charge in [-0.3, -0.25) is 9.89 Å². The summed E-state index contributed by atoms with van der Waals surface area (Å²) in [6.45, 7) is 0. The molecule has 1 aromatic carbocycles. The Morgan fingerprint density at radius 3 is 2.89 bits per heavy atom. The lowest BCUT2D eigenvalue weighted by atomic mass is 10.1. The molecule has 1 aliphatic rings. The number of benzene rings is 1. The third kappa shape index (κ3) is 2.31. The van der Waals surface area contributed by atoms with Gasteiger partial charge in [0.05, 0.1) is 24.3 Å². The number of carbonyl (C=O) groups is 1. The van der Waals surface area contributed by atoms with Crippen LogP contribution in [0.15, 0.2) is 30.5 Å². The Morgan fingerprint density at radius 1 is 1.37 bits per heavy atom. The summed E-state index contributed by atoms with van der Waals surface area (Å²) in [7, 11) is 1.65. The molecule has 5 nitrogen and oxygen atoms in total. The molecular weight excluding hydrogens is 262 g/mol. The lowest BCUT2D eigenvalue weighted by Gasteiger charge is -2.14. The number of aromatic amines is 1. The van der Waals surface area contributed by atoms with Crippen LogP contribution in [0, 0.1) is 0 Å². The van der Waals surface area contributed by atoms with E-state index in [1.54, 1.807) is 25.1 Å². The predicted molar refractivity (Wildman–Crippen MR) is 74.5 cm³/mol. The van der Waals surface area contributed by atoms with E-state index in [1.165, 1.54) is 0 Å². The Labute approximate surface area is 114 Å². The largest absolute Gasteiger partial charge is 0.497 e. The fraction of sp³-hybridized carbons (Fsp3) is 0.231. The molecule has 1 atom stereocenters. The van der Waals surface area contributed by atoms with Crippen molar-refractivity contribution in [3.63, 3.8) is 0 Å². The van der Waals surface area contributed by atoms with E-state index in [1.807, 2.05) is 24.3 Å². The number of amides is 1. The monoisotopic (exact) mass is 275 g/mol. The summed E-state index contributed by atoms with van der Waals surface area (Å²) in [5.74, 6) is 1.94. The SMILES string of the molecule is COc1ccc(C2SCC(=O)Nc3[nH]ncc32)cc1. The first-order valence-electron chi connectivity index (χ1n) is 5.86. The van der Waals surface area contributed by atoms with Crippen LogP contribution in [0.4, 0.5) is 5.82 Å². The zero-order valence-corrected chi connectivity index (χ0v) is 11.2. The molecule has 1 aromatic heterocycles. The van der Waals surface area contributed by atoms with E-state index in [0.717, 1.165) is 16.9 Å². The molecule has 98 valence electrons. The minimum Gasteiger partial charge on any atom is -0.497 e. The van der Waals surface area contributed by atoms with Crippen molar-refractivity contribution in [1.29, 1.82) is 0 Å². The molecule has 2 aromatic rings. The van der Waals surface area contributed by atoms with Gasteiger partial charge in [0, 0.05) is 5.56 Å². The average molecular weight is 275 g/mol. The minimum atomic E-state index is -0.00786. The highest BCUT2D eigenvalue weighted by Gasteiger charge is 2.25. The third-order valence-electron chi connectivity index (χ3n) is 3.02. The number of nitrogens with zero attached hydrogens (tertiary/aromatic N) is 1. The van der Waals surface area contributed by atoms with Gasteiger partial charge >= 0.3 is 0 Å². The maximum absolute atomic E-state index is 11.6. The van der Waals surface area contributed by atoms with Gasteiger partial charge in [0.15, 0.2) is 0 Å². The molecule has 1 unspecified atom stereocenters. The van der Waals surface area contributed by atoms with Crippen LogP contribution in [0.1, 0.15) is 16.4 Å². The number of fused-ring (bicyclic) bond motifs is 1. The number of nitrogens with one attached hydrogen (secondary N) is 2. The molecule has 2 N–H and O–H groups in total. The van der Waals surface area contributed by atoms with E-state index in [2.05, 4.69) is 15.5 Å². The maximum atomic E-state index is 11.6. The molecule has 1 amide bonds. The van der Waals surface area contributed by atoms with E-state index in [0.29, 0.717) is 11.6 Å². The van der Waals surface area contributed by atoms with E-state index in [4.69, 9.17) is 4.74 Å². The van der Waals surface area contributed by atoms with Gasteiger partial charge in [0.2, 0.25) is 5.91 Å². The highest BCUT2D eigenvalue weighted by molar-refractivity contribution is 8.00. The van der Waals surface area contributed by atoms with Crippen molar-refractivity contribution in [3.05, 3.63) is 41.6 Å². The zero-order valence-electron chi connectivity index (χ0n) is 10.3. The number of carbonyl (C=O) groups excluding carboxylic acids is 1. The summed E-state index contributed by atoms with van der Waals surface area (Å²) in [5, 5.41) is 9.76. The van der Waals surface area contributed by atoms with Gasteiger partial charge in [-0.05, 0) is 17.7 Å². The van der Waals surface area contributed by atoms with Gasteiger partial charge in [-0.15, -0.1) is 11.8 Å². The van der Waals surface area contributed by atoms with Crippen LogP contribution in [0.2, 0.25) is 0 Å². The molecule has 6 heteroatoms. The van der Waals surface area contributed by atoms with Crippen molar-refractivity contribution >= 4 is 23.5 Å². The summed E-state index contributed by atoms with van der Waals surface area (Å²) in [6.07, 6.45) is 1.77. The molecule has 0 saturated heterocycles. The van der Waals surface area contributed by atoms with Crippen molar-refractivity contribution in [1.82, 2.24) is 10.2 Å². The Bertz CT molecular complexity index is 594. The summed E-state index contributed by atoms with van der Waals surface area (Å²) in [6, 6.07) is 7.89. The number of aromatic nitrogens is 2. The lowest BCUT2D eigenvalue weighted by molar-refractivity contribution is -0.113. The topological polar surface area (TPSA) is 67.0 Å². The number of methoxy groups -OCH3 is 1. The summed E-state index contributed by atoms with van der Waals surface area (Å²) < 4.78 is 5.16. The van der Waals surface area contributed by atoms with E-state index in [-0.39, 0.29) is 11.2 Å². The molecule has 0 bridgehead atoms. The first kappa shape index (κ1) is 12.1. The van der Waals surface area contributed by atoms with Crippen molar-refractivity contribution in [2.45, 2.75) is 5.25 Å². The molecule has 0 fully saturated rings. The number of rotatable bonds is 2. The van der Waals surface area contributed by atoms with Crippen molar-refractivity contribution in [2.75, 3.05) is 18.2 Å². The summed E-state index contributed by atoms with van der Waals surface area (Å²) in [4.78, 5) is 11.6. The molecule has 2 heterocycles. The molecule has 0 spiro atoms. The molecule has 0 saturated carbocycles. The Kier molecular flexibility index (Phi) is 3.16. The fourth-order valence-electron chi connectivity index (χ4n) is 2.07. The second-order valence-electron chi connectivity index (χ2n) is 4.21. The van der Waals surface area contributed by atoms with Gasteiger partial charge in [-0.1, -0.05) is 12.1 Å². The van der Waals surface area contributed by atoms with Crippen molar-refractivity contribution < 1.29 is 9.53 Å². The maximum Gasteiger partial charge on any atom is 0.235 e. The molecule has 19 heavy (non-hydrogen) atoms. The number of anilines is 1. The molecule has 3 rings (SSSR count). The van der Waals surface area contributed by atoms with Crippen LogP contribution in [0.25, 0.3) is 0 Å². The quantitative estimate of drug-likeness (QED) is 0.881. The lowest BCUT2D eigenvalue weighted by Crippen LogP contribution is -2.12. The van der Waals surface area contributed by atoms with Crippen LogP contribution in [-0.4, -0.2) is 29.0 Å². The van der Waals surface area contributed by atoms with Gasteiger partial charge in [0.1, 0.15) is 11.6 Å². The highest BCUT2D eigenvalue weighted by Crippen LogP contribution is 2.40.